The normalized spacial score (nSPS) is 15.8. The van der Waals surface area contributed by atoms with Crippen molar-refractivity contribution in [3.63, 3.8) is 0 Å². The Balaban J connectivity index is 2.22. The first-order chi connectivity index (χ1) is 10.1. The highest BCUT2D eigenvalue weighted by molar-refractivity contribution is 5.61. The lowest BCUT2D eigenvalue weighted by atomic mass is 10.2. The third-order valence-corrected chi connectivity index (χ3v) is 3.50. The first kappa shape index (κ1) is 15.2. The van der Waals surface area contributed by atoms with Gasteiger partial charge < -0.3 is 14.4 Å². The molecule has 0 radical (unpaired) electrons. The number of hydrogen-bond acceptors (Lipinski definition) is 6. The maximum Gasteiger partial charge on any atom is 0.314 e. The van der Waals surface area contributed by atoms with Crippen molar-refractivity contribution in [3.05, 3.63) is 28.1 Å². The van der Waals surface area contributed by atoms with E-state index in [-0.39, 0.29) is 11.4 Å². The number of aldehydes is 1. The van der Waals surface area contributed by atoms with Crippen molar-refractivity contribution in [1.82, 2.24) is 4.90 Å². The number of piperazine rings is 1. The van der Waals surface area contributed by atoms with Gasteiger partial charge in [-0.25, -0.2) is 4.39 Å². The fourth-order valence-corrected chi connectivity index (χ4v) is 2.39. The van der Waals surface area contributed by atoms with Crippen LogP contribution < -0.4 is 9.64 Å². The zero-order valence-electron chi connectivity index (χ0n) is 11.6. The summed E-state index contributed by atoms with van der Waals surface area (Å²) in [7, 11) is 1.21. The Labute approximate surface area is 121 Å². The monoisotopic (exact) mass is 297 g/mol. The number of rotatable bonds is 5. The summed E-state index contributed by atoms with van der Waals surface area (Å²) in [6.07, 6.45) is 0.838. The van der Waals surface area contributed by atoms with Crippen molar-refractivity contribution in [2.75, 3.05) is 44.7 Å². The van der Waals surface area contributed by atoms with Crippen LogP contribution in [0.15, 0.2) is 12.1 Å². The zero-order valence-corrected chi connectivity index (χ0v) is 11.6. The maximum absolute atomic E-state index is 14.4. The number of ether oxygens (including phenoxy) is 1. The van der Waals surface area contributed by atoms with E-state index in [1.807, 2.05) is 4.90 Å². The molecule has 7 nitrogen and oxygen atoms in total. The van der Waals surface area contributed by atoms with Gasteiger partial charge in [-0.2, -0.15) is 0 Å². The van der Waals surface area contributed by atoms with Gasteiger partial charge in [-0.1, -0.05) is 0 Å². The Hall–Kier alpha value is -2.22. The second-order valence-electron chi connectivity index (χ2n) is 4.66. The van der Waals surface area contributed by atoms with E-state index in [2.05, 4.69) is 0 Å². The lowest BCUT2D eigenvalue weighted by molar-refractivity contribution is -0.386. The molecule has 8 heteroatoms. The summed E-state index contributed by atoms with van der Waals surface area (Å²) in [5, 5.41) is 10.8. The van der Waals surface area contributed by atoms with Crippen molar-refractivity contribution in [2.24, 2.45) is 0 Å². The second-order valence-corrected chi connectivity index (χ2v) is 4.66. The molecule has 0 atom stereocenters. The predicted molar refractivity (Wildman–Crippen MR) is 74.3 cm³/mol. The largest absolute Gasteiger partial charge is 0.488 e. The van der Waals surface area contributed by atoms with Crippen LogP contribution >= 0.6 is 0 Å². The zero-order chi connectivity index (χ0) is 15.4. The van der Waals surface area contributed by atoms with Gasteiger partial charge >= 0.3 is 5.69 Å². The number of nitrogens with zero attached hydrogens (tertiary/aromatic N) is 3. The predicted octanol–water partition coefficient (Wildman–Crippen LogP) is 1.06. The van der Waals surface area contributed by atoms with E-state index in [0.29, 0.717) is 32.7 Å². The van der Waals surface area contributed by atoms with E-state index in [4.69, 9.17) is 4.74 Å². The Morgan fingerprint density at radius 1 is 1.38 bits per heavy atom. The summed E-state index contributed by atoms with van der Waals surface area (Å²) >= 11 is 0. The molecule has 0 aromatic heterocycles. The van der Waals surface area contributed by atoms with Gasteiger partial charge in [-0.05, 0) is 6.07 Å². The van der Waals surface area contributed by atoms with Gasteiger partial charge in [0.1, 0.15) is 6.29 Å². The molecule has 1 aliphatic rings. The summed E-state index contributed by atoms with van der Waals surface area (Å²) in [6.45, 7) is 2.73. The highest BCUT2D eigenvalue weighted by Crippen LogP contribution is 2.36. The molecule has 0 saturated carbocycles. The van der Waals surface area contributed by atoms with Crippen LogP contribution in [0.5, 0.6) is 5.75 Å². The van der Waals surface area contributed by atoms with E-state index in [1.54, 1.807) is 4.90 Å². The average molecular weight is 297 g/mol. The minimum atomic E-state index is -0.726. The number of carbonyl (C=O) groups is 1. The lowest BCUT2D eigenvalue weighted by Gasteiger charge is -2.35. The van der Waals surface area contributed by atoms with Gasteiger partial charge in [0.05, 0.1) is 24.3 Å². The van der Waals surface area contributed by atoms with Gasteiger partial charge in [0.25, 0.3) is 0 Å². The SMILES string of the molecule is COc1c([N+](=O)[O-])ccc(N2CCN(CC=O)CC2)c1F. The molecule has 21 heavy (non-hydrogen) atoms. The average Bonchev–Trinajstić information content (AvgIpc) is 2.48. The number of halogens is 1. The molecule has 0 bridgehead atoms. The third kappa shape index (κ3) is 3.10. The van der Waals surface area contributed by atoms with Crippen LogP contribution in [0.2, 0.25) is 0 Å². The molecule has 1 fully saturated rings. The molecule has 114 valence electrons. The smallest absolute Gasteiger partial charge is 0.314 e. The first-order valence-corrected chi connectivity index (χ1v) is 6.50. The van der Waals surface area contributed by atoms with Gasteiger partial charge in [0, 0.05) is 32.2 Å². The number of nitro groups is 1. The number of benzene rings is 1. The van der Waals surface area contributed by atoms with Crippen LogP contribution in [0.1, 0.15) is 0 Å². The molecule has 0 aliphatic carbocycles. The summed E-state index contributed by atoms with van der Waals surface area (Å²) in [4.78, 5) is 24.4. The van der Waals surface area contributed by atoms with Gasteiger partial charge in [0.15, 0.2) is 5.82 Å². The molecule has 1 aromatic rings. The molecule has 2 rings (SSSR count). The van der Waals surface area contributed by atoms with Crippen LogP contribution in [-0.2, 0) is 4.79 Å². The molecule has 0 amide bonds. The van der Waals surface area contributed by atoms with E-state index in [0.717, 1.165) is 6.29 Å². The van der Waals surface area contributed by atoms with Crippen LogP contribution in [0.3, 0.4) is 0 Å². The summed E-state index contributed by atoms with van der Waals surface area (Å²) < 4.78 is 19.2. The van der Waals surface area contributed by atoms with Gasteiger partial charge in [-0.3, -0.25) is 15.0 Å². The van der Waals surface area contributed by atoms with Crippen LogP contribution in [0.4, 0.5) is 15.8 Å². The molecule has 1 saturated heterocycles. The molecule has 0 unspecified atom stereocenters. The fourth-order valence-electron chi connectivity index (χ4n) is 2.39. The van der Waals surface area contributed by atoms with E-state index in [9.17, 15) is 19.3 Å². The number of hydrogen-bond donors (Lipinski definition) is 0. The minimum absolute atomic E-state index is 0.281. The number of carbonyl (C=O) groups excluding carboxylic acids is 1. The lowest BCUT2D eigenvalue weighted by Crippen LogP contribution is -2.47. The second kappa shape index (κ2) is 6.49. The minimum Gasteiger partial charge on any atom is -0.488 e. The molecule has 0 spiro atoms. The molecule has 1 aliphatic heterocycles. The Bertz CT molecular complexity index is 544. The summed E-state index contributed by atoms with van der Waals surface area (Å²) in [5.74, 6) is -1.08. The highest BCUT2D eigenvalue weighted by atomic mass is 19.1. The van der Waals surface area contributed by atoms with Crippen molar-refractivity contribution in [1.29, 1.82) is 0 Å². The third-order valence-electron chi connectivity index (χ3n) is 3.50. The quantitative estimate of drug-likeness (QED) is 0.459. The highest BCUT2D eigenvalue weighted by Gasteiger charge is 2.26. The van der Waals surface area contributed by atoms with Crippen LogP contribution in [0, 0.1) is 15.9 Å². The summed E-state index contributed by atoms with van der Waals surface area (Å²) in [5.41, 5.74) is -0.110. The molecule has 1 aromatic carbocycles. The first-order valence-electron chi connectivity index (χ1n) is 6.50. The van der Waals surface area contributed by atoms with Gasteiger partial charge in [-0.15, -0.1) is 0 Å². The van der Waals surface area contributed by atoms with Crippen molar-refractivity contribution in [2.45, 2.75) is 0 Å². The Kier molecular flexibility index (Phi) is 4.69. The van der Waals surface area contributed by atoms with E-state index < -0.39 is 16.4 Å². The number of anilines is 1. The van der Waals surface area contributed by atoms with Crippen molar-refractivity contribution < 1.29 is 18.8 Å². The van der Waals surface area contributed by atoms with Gasteiger partial charge in [0.2, 0.25) is 5.75 Å². The Morgan fingerprint density at radius 2 is 2.05 bits per heavy atom. The molecule has 0 N–H and O–H groups in total. The van der Waals surface area contributed by atoms with Crippen LogP contribution in [0.25, 0.3) is 0 Å². The summed E-state index contributed by atoms with van der Waals surface area (Å²) in [6, 6.07) is 2.64. The van der Waals surface area contributed by atoms with Crippen molar-refractivity contribution in [3.8, 4) is 5.75 Å². The molecule has 1 heterocycles. The maximum atomic E-state index is 14.4. The fraction of sp³-hybridized carbons (Fsp3) is 0.462. The Morgan fingerprint density at radius 3 is 2.57 bits per heavy atom. The molecular weight excluding hydrogens is 281 g/mol. The van der Waals surface area contributed by atoms with Crippen molar-refractivity contribution >= 4 is 17.7 Å². The topological polar surface area (TPSA) is 75.9 Å². The van der Waals surface area contributed by atoms with E-state index in [1.165, 1.54) is 19.2 Å². The van der Waals surface area contributed by atoms with Crippen LogP contribution in [-0.4, -0.2) is 55.9 Å². The molecular formula is C13H16FN3O4. The van der Waals surface area contributed by atoms with E-state index >= 15 is 0 Å². The number of nitro benzene ring substituents is 1. The number of methoxy groups -OCH3 is 1. The standard InChI is InChI=1S/C13H16FN3O4/c1-21-13-11(17(19)20)3-2-10(12(13)14)16-6-4-15(5-7-16)8-9-18/h2-3,9H,4-8H2,1H3.